The highest BCUT2D eigenvalue weighted by molar-refractivity contribution is 5.89. The smallest absolute Gasteiger partial charge is 0.319 e. The second-order valence-electron chi connectivity index (χ2n) is 7.53. The number of hydrogen-bond donors (Lipinski definition) is 2. The van der Waals surface area contributed by atoms with E-state index in [1.165, 1.54) is 16.8 Å². The summed E-state index contributed by atoms with van der Waals surface area (Å²) in [7, 11) is 1.72. The predicted octanol–water partition coefficient (Wildman–Crippen LogP) is 3.65. The number of nitrogens with zero attached hydrogens (tertiary/aromatic N) is 2. The summed E-state index contributed by atoms with van der Waals surface area (Å²) in [5, 5.41) is 5.85. The van der Waals surface area contributed by atoms with Gasteiger partial charge in [0, 0.05) is 38.4 Å². The van der Waals surface area contributed by atoms with Gasteiger partial charge in [0.25, 0.3) is 0 Å². The quantitative estimate of drug-likeness (QED) is 0.702. The lowest BCUT2D eigenvalue weighted by Crippen LogP contribution is -2.47. The van der Waals surface area contributed by atoms with E-state index in [2.05, 4.69) is 39.5 Å². The first kappa shape index (κ1) is 21.0. The molecule has 156 valence electrons. The molecule has 0 spiro atoms. The largest absolute Gasteiger partial charge is 0.495 e. The van der Waals surface area contributed by atoms with E-state index in [9.17, 15) is 4.79 Å². The van der Waals surface area contributed by atoms with Crippen molar-refractivity contribution in [2.24, 2.45) is 0 Å². The molecule has 6 heteroatoms. The first-order valence-electron chi connectivity index (χ1n) is 10.3. The summed E-state index contributed by atoms with van der Waals surface area (Å²) >= 11 is 0. The molecule has 1 aliphatic rings. The second-order valence-corrected chi connectivity index (χ2v) is 7.53. The summed E-state index contributed by atoms with van der Waals surface area (Å²) in [6.07, 6.45) is 0.939. The number of carbonyl (C=O) groups is 1. The van der Waals surface area contributed by atoms with Gasteiger partial charge in [-0.15, -0.1) is 0 Å². The molecule has 1 heterocycles. The van der Waals surface area contributed by atoms with Gasteiger partial charge in [-0.25, -0.2) is 4.79 Å². The fraction of sp³-hybridized carbons (Fsp3) is 0.435. The first-order chi connectivity index (χ1) is 14.1. The van der Waals surface area contributed by atoms with Crippen LogP contribution in [0.5, 0.6) is 5.75 Å². The van der Waals surface area contributed by atoms with E-state index >= 15 is 0 Å². The van der Waals surface area contributed by atoms with Gasteiger partial charge in [-0.1, -0.05) is 18.2 Å². The van der Waals surface area contributed by atoms with Crippen LogP contribution < -0.4 is 20.3 Å². The maximum Gasteiger partial charge on any atom is 0.319 e. The van der Waals surface area contributed by atoms with Gasteiger partial charge in [-0.2, -0.15) is 0 Å². The van der Waals surface area contributed by atoms with Crippen molar-refractivity contribution in [3.05, 3.63) is 53.6 Å². The van der Waals surface area contributed by atoms with Gasteiger partial charge < -0.3 is 20.3 Å². The molecule has 2 N–H and O–H groups in total. The number of hydrogen-bond acceptors (Lipinski definition) is 4. The van der Waals surface area contributed by atoms with E-state index in [0.29, 0.717) is 6.54 Å². The predicted molar refractivity (Wildman–Crippen MR) is 119 cm³/mol. The van der Waals surface area contributed by atoms with E-state index in [4.69, 9.17) is 4.74 Å². The zero-order chi connectivity index (χ0) is 20.6. The van der Waals surface area contributed by atoms with Crippen molar-refractivity contribution >= 4 is 17.4 Å². The number of benzene rings is 2. The molecule has 0 aliphatic carbocycles. The average Bonchev–Trinajstić information content (AvgIpc) is 2.74. The molecule has 1 fully saturated rings. The Morgan fingerprint density at radius 3 is 2.52 bits per heavy atom. The Bertz CT molecular complexity index is 816. The van der Waals surface area contributed by atoms with E-state index in [1.54, 1.807) is 7.11 Å². The average molecular weight is 397 g/mol. The van der Waals surface area contributed by atoms with Crippen molar-refractivity contribution < 1.29 is 9.53 Å². The summed E-state index contributed by atoms with van der Waals surface area (Å²) in [4.78, 5) is 16.9. The summed E-state index contributed by atoms with van der Waals surface area (Å²) < 4.78 is 5.48. The minimum atomic E-state index is -0.144. The van der Waals surface area contributed by atoms with Crippen molar-refractivity contribution in [2.75, 3.05) is 56.6 Å². The molecule has 0 radical (unpaired) electrons. The van der Waals surface area contributed by atoms with Gasteiger partial charge in [0.05, 0.1) is 12.8 Å². The first-order valence-corrected chi connectivity index (χ1v) is 10.3. The van der Waals surface area contributed by atoms with Crippen LogP contribution in [0.1, 0.15) is 17.5 Å². The monoisotopic (exact) mass is 396 g/mol. The molecule has 2 aromatic rings. The lowest BCUT2D eigenvalue weighted by Gasteiger charge is -2.36. The van der Waals surface area contributed by atoms with Gasteiger partial charge in [0.15, 0.2) is 0 Å². The van der Waals surface area contributed by atoms with E-state index < -0.39 is 0 Å². The maximum atomic E-state index is 12.1. The molecule has 0 saturated carbocycles. The number of urea groups is 1. The molecule has 0 bridgehead atoms. The number of ether oxygens (including phenoxy) is 1. The van der Waals surface area contributed by atoms with Crippen LogP contribution in [0.25, 0.3) is 0 Å². The van der Waals surface area contributed by atoms with E-state index in [0.717, 1.165) is 50.6 Å². The standard InChI is InChI=1S/C23H32N4O2/c1-18-9-10-20(17-19(18)2)25-23(28)24-11-6-12-26-13-15-27(16-14-26)21-7-4-5-8-22(21)29-3/h4-5,7-10,17H,6,11-16H2,1-3H3,(H2,24,25,28). The summed E-state index contributed by atoms with van der Waals surface area (Å²) in [6, 6.07) is 14.0. The fourth-order valence-corrected chi connectivity index (χ4v) is 3.60. The van der Waals surface area contributed by atoms with Crippen molar-refractivity contribution in [3.8, 4) is 5.75 Å². The van der Waals surface area contributed by atoms with Crippen molar-refractivity contribution in [1.82, 2.24) is 10.2 Å². The summed E-state index contributed by atoms with van der Waals surface area (Å²) in [6.45, 7) is 9.79. The number of rotatable bonds is 7. The third kappa shape index (κ3) is 5.87. The number of aryl methyl sites for hydroxylation is 2. The van der Waals surface area contributed by atoms with Crippen LogP contribution in [0.3, 0.4) is 0 Å². The van der Waals surface area contributed by atoms with Crippen molar-refractivity contribution in [1.29, 1.82) is 0 Å². The Morgan fingerprint density at radius 2 is 1.79 bits per heavy atom. The Morgan fingerprint density at radius 1 is 1.03 bits per heavy atom. The Balaban J connectivity index is 1.34. The molecule has 0 atom stereocenters. The summed E-state index contributed by atoms with van der Waals surface area (Å²) in [5.41, 5.74) is 4.40. The second kappa shape index (κ2) is 10.2. The van der Waals surface area contributed by atoms with Crippen molar-refractivity contribution in [2.45, 2.75) is 20.3 Å². The number of methoxy groups -OCH3 is 1. The molecule has 6 nitrogen and oxygen atoms in total. The Hall–Kier alpha value is -2.73. The molecule has 0 aromatic heterocycles. The van der Waals surface area contributed by atoms with Crippen LogP contribution in [0.15, 0.2) is 42.5 Å². The van der Waals surface area contributed by atoms with Crippen LogP contribution >= 0.6 is 0 Å². The topological polar surface area (TPSA) is 56.8 Å². The molecule has 1 saturated heterocycles. The van der Waals surface area contributed by atoms with Gasteiger partial charge in [0.2, 0.25) is 0 Å². The molecule has 29 heavy (non-hydrogen) atoms. The summed E-state index contributed by atoms with van der Waals surface area (Å²) in [5.74, 6) is 0.930. The van der Waals surface area contributed by atoms with Gasteiger partial charge in [-0.05, 0) is 62.2 Å². The minimum absolute atomic E-state index is 0.144. The lowest BCUT2D eigenvalue weighted by molar-refractivity contribution is 0.244. The zero-order valence-corrected chi connectivity index (χ0v) is 17.7. The normalized spacial score (nSPS) is 14.5. The number of amides is 2. The number of para-hydroxylation sites is 2. The lowest BCUT2D eigenvalue weighted by atomic mass is 10.1. The molecule has 1 aliphatic heterocycles. The van der Waals surface area contributed by atoms with Gasteiger partial charge in [0.1, 0.15) is 5.75 Å². The van der Waals surface area contributed by atoms with Crippen LogP contribution in [-0.4, -0.2) is 57.3 Å². The SMILES string of the molecule is COc1ccccc1N1CCN(CCCNC(=O)Nc2ccc(C)c(C)c2)CC1. The maximum absolute atomic E-state index is 12.1. The van der Waals surface area contributed by atoms with Crippen LogP contribution in [0.4, 0.5) is 16.2 Å². The molecule has 0 unspecified atom stereocenters. The zero-order valence-electron chi connectivity index (χ0n) is 17.7. The molecule has 2 aromatic carbocycles. The fourth-order valence-electron chi connectivity index (χ4n) is 3.60. The molecular formula is C23H32N4O2. The number of piperazine rings is 1. The van der Waals surface area contributed by atoms with Gasteiger partial charge in [-0.3, -0.25) is 4.90 Å². The Labute approximate surface area is 173 Å². The molecule has 2 amide bonds. The highest BCUT2D eigenvalue weighted by Gasteiger charge is 2.19. The molecule has 3 rings (SSSR count). The number of carbonyl (C=O) groups excluding carboxylic acids is 1. The van der Waals surface area contributed by atoms with Crippen LogP contribution in [-0.2, 0) is 0 Å². The van der Waals surface area contributed by atoms with Crippen LogP contribution in [0, 0.1) is 13.8 Å². The highest BCUT2D eigenvalue weighted by Crippen LogP contribution is 2.28. The number of nitrogens with one attached hydrogen (secondary N) is 2. The Kier molecular flexibility index (Phi) is 7.36. The van der Waals surface area contributed by atoms with Crippen molar-refractivity contribution in [3.63, 3.8) is 0 Å². The highest BCUT2D eigenvalue weighted by atomic mass is 16.5. The number of anilines is 2. The third-order valence-electron chi connectivity index (χ3n) is 5.50. The van der Waals surface area contributed by atoms with E-state index in [1.807, 2.05) is 37.3 Å². The molecular weight excluding hydrogens is 364 g/mol. The van der Waals surface area contributed by atoms with Crippen LogP contribution in [0.2, 0.25) is 0 Å². The van der Waals surface area contributed by atoms with Gasteiger partial charge >= 0.3 is 6.03 Å². The third-order valence-corrected chi connectivity index (χ3v) is 5.50. The van der Waals surface area contributed by atoms with E-state index in [-0.39, 0.29) is 6.03 Å². The minimum Gasteiger partial charge on any atom is -0.495 e.